The zero-order valence-electron chi connectivity index (χ0n) is 13.4. The molecule has 0 radical (unpaired) electrons. The van der Waals surface area contributed by atoms with E-state index in [-0.39, 0.29) is 0 Å². The second kappa shape index (κ2) is 6.77. The molecular weight excluding hydrogens is 350 g/mol. The number of rotatable bonds is 3. The van der Waals surface area contributed by atoms with Crippen LogP contribution in [0.4, 0.5) is 16.3 Å². The van der Waals surface area contributed by atoms with Gasteiger partial charge in [0, 0.05) is 24.0 Å². The summed E-state index contributed by atoms with van der Waals surface area (Å²) < 4.78 is 1.45. The van der Waals surface area contributed by atoms with Gasteiger partial charge < -0.3 is 5.32 Å². The maximum atomic E-state index is 13.0. The second-order valence-electron chi connectivity index (χ2n) is 5.32. The molecule has 1 N–H and O–H groups in total. The Bertz CT molecular complexity index is 1060. The van der Waals surface area contributed by atoms with Gasteiger partial charge in [-0.15, -0.1) is 11.3 Å². The Hall–Kier alpha value is -3.52. The van der Waals surface area contributed by atoms with Crippen molar-refractivity contribution in [2.24, 2.45) is 0 Å². The van der Waals surface area contributed by atoms with Gasteiger partial charge in [-0.1, -0.05) is 24.3 Å². The van der Waals surface area contributed by atoms with Gasteiger partial charge >= 0.3 is 6.03 Å². The Morgan fingerprint density at radius 3 is 2.62 bits per heavy atom. The number of carbonyl (C=O) groups is 2. The number of anilines is 2. The average molecular weight is 363 g/mol. The van der Waals surface area contributed by atoms with Gasteiger partial charge in [-0.25, -0.2) is 14.7 Å². The number of benzene rings is 1. The standard InChI is InChI=1S/C18H13N5O2S/c24-17(14-7-4-12-26-14)22(18(25)21-13-5-2-1-3-6-13)16-9-10-19-15-8-11-20-23(15)16/h1-12H,(H,21,25). The molecule has 0 bridgehead atoms. The highest BCUT2D eigenvalue weighted by molar-refractivity contribution is 7.12. The number of aromatic nitrogens is 3. The van der Waals surface area contributed by atoms with Gasteiger partial charge in [0.05, 0.1) is 11.1 Å². The minimum absolute atomic E-state index is 0.312. The Labute approximate surface area is 152 Å². The summed E-state index contributed by atoms with van der Waals surface area (Å²) in [5.41, 5.74) is 1.13. The summed E-state index contributed by atoms with van der Waals surface area (Å²) in [5.74, 6) is -0.122. The van der Waals surface area contributed by atoms with Crippen LogP contribution in [0.5, 0.6) is 0 Å². The van der Waals surface area contributed by atoms with Gasteiger partial charge in [-0.3, -0.25) is 4.79 Å². The van der Waals surface area contributed by atoms with Crippen LogP contribution in [-0.4, -0.2) is 26.5 Å². The Morgan fingerprint density at radius 2 is 1.85 bits per heavy atom. The first-order chi connectivity index (χ1) is 12.7. The first-order valence-electron chi connectivity index (χ1n) is 7.77. The van der Waals surface area contributed by atoms with Crippen LogP contribution in [0.15, 0.2) is 72.4 Å². The van der Waals surface area contributed by atoms with Crippen molar-refractivity contribution in [3.05, 3.63) is 77.2 Å². The van der Waals surface area contributed by atoms with Crippen molar-refractivity contribution in [1.29, 1.82) is 0 Å². The van der Waals surface area contributed by atoms with Gasteiger partial charge in [0.2, 0.25) is 0 Å². The molecule has 4 aromatic rings. The molecule has 4 rings (SSSR count). The minimum atomic E-state index is -0.572. The van der Waals surface area contributed by atoms with Crippen LogP contribution in [0, 0.1) is 0 Å². The lowest BCUT2D eigenvalue weighted by molar-refractivity contribution is 0.0998. The molecule has 3 aromatic heterocycles. The summed E-state index contributed by atoms with van der Waals surface area (Å²) >= 11 is 1.27. The largest absolute Gasteiger partial charge is 0.334 e. The van der Waals surface area contributed by atoms with Gasteiger partial charge in [-0.05, 0) is 23.6 Å². The fourth-order valence-corrected chi connectivity index (χ4v) is 3.16. The number of urea groups is 1. The predicted molar refractivity (Wildman–Crippen MR) is 99.6 cm³/mol. The van der Waals surface area contributed by atoms with E-state index >= 15 is 0 Å². The Balaban J connectivity index is 1.78. The molecular formula is C18H13N5O2S. The summed E-state index contributed by atoms with van der Waals surface area (Å²) in [7, 11) is 0. The van der Waals surface area contributed by atoms with Crippen LogP contribution in [0.1, 0.15) is 9.67 Å². The van der Waals surface area contributed by atoms with Crippen molar-refractivity contribution >= 4 is 40.4 Å². The van der Waals surface area contributed by atoms with E-state index < -0.39 is 11.9 Å². The zero-order chi connectivity index (χ0) is 17.9. The average Bonchev–Trinajstić information content (AvgIpc) is 3.35. The first-order valence-corrected chi connectivity index (χ1v) is 8.65. The molecule has 7 nitrogen and oxygen atoms in total. The van der Waals surface area contributed by atoms with Gasteiger partial charge in [0.1, 0.15) is 5.82 Å². The highest BCUT2D eigenvalue weighted by Gasteiger charge is 2.28. The van der Waals surface area contributed by atoms with E-state index in [0.29, 0.717) is 22.0 Å². The van der Waals surface area contributed by atoms with Crippen molar-refractivity contribution < 1.29 is 9.59 Å². The van der Waals surface area contributed by atoms with Crippen LogP contribution >= 0.6 is 11.3 Å². The van der Waals surface area contributed by atoms with Crippen LogP contribution < -0.4 is 10.2 Å². The molecule has 3 heterocycles. The number of hydrogen-bond donors (Lipinski definition) is 1. The molecule has 0 unspecified atom stereocenters. The van der Waals surface area contributed by atoms with E-state index in [9.17, 15) is 9.59 Å². The molecule has 0 saturated heterocycles. The SMILES string of the molecule is O=C(Nc1ccccc1)N(C(=O)c1cccs1)c1ccnc2ccnn12. The third-order valence-corrected chi connectivity index (χ3v) is 4.52. The smallest absolute Gasteiger partial charge is 0.307 e. The molecule has 0 atom stereocenters. The van der Waals surface area contributed by atoms with E-state index in [2.05, 4.69) is 15.4 Å². The van der Waals surface area contributed by atoms with Crippen LogP contribution in [0.25, 0.3) is 5.65 Å². The summed E-state index contributed by atoms with van der Waals surface area (Å²) in [6.45, 7) is 0. The van der Waals surface area contributed by atoms with Crippen molar-refractivity contribution in [3.63, 3.8) is 0 Å². The molecule has 0 spiro atoms. The monoisotopic (exact) mass is 363 g/mol. The van der Waals surface area contributed by atoms with Crippen molar-refractivity contribution in [3.8, 4) is 0 Å². The number of thiophene rings is 1. The summed E-state index contributed by atoms with van der Waals surface area (Å²) in [6.07, 6.45) is 3.10. The topological polar surface area (TPSA) is 79.6 Å². The Morgan fingerprint density at radius 1 is 1.00 bits per heavy atom. The maximum absolute atomic E-state index is 13.0. The highest BCUT2D eigenvalue weighted by atomic mass is 32.1. The first kappa shape index (κ1) is 16.0. The number of imide groups is 1. The number of nitrogens with one attached hydrogen (secondary N) is 1. The van der Waals surface area contributed by atoms with Crippen LogP contribution in [-0.2, 0) is 0 Å². The molecule has 128 valence electrons. The number of hydrogen-bond acceptors (Lipinski definition) is 5. The van der Waals surface area contributed by atoms with Gasteiger partial charge in [0.25, 0.3) is 5.91 Å². The van der Waals surface area contributed by atoms with Crippen molar-refractivity contribution in [1.82, 2.24) is 14.6 Å². The van der Waals surface area contributed by atoms with Crippen LogP contribution in [0.3, 0.4) is 0 Å². The number of carbonyl (C=O) groups excluding carboxylic acids is 2. The van der Waals surface area contributed by atoms with E-state index in [0.717, 1.165) is 4.90 Å². The minimum Gasteiger partial charge on any atom is -0.307 e. The molecule has 0 saturated carbocycles. The zero-order valence-corrected chi connectivity index (χ0v) is 14.3. The quantitative estimate of drug-likeness (QED) is 0.602. The highest BCUT2D eigenvalue weighted by Crippen LogP contribution is 2.21. The van der Waals surface area contributed by atoms with E-state index in [4.69, 9.17) is 0 Å². The molecule has 0 aliphatic heterocycles. The molecule has 0 aliphatic rings. The van der Waals surface area contributed by atoms with Crippen LogP contribution in [0.2, 0.25) is 0 Å². The van der Waals surface area contributed by atoms with Gasteiger partial charge in [-0.2, -0.15) is 9.61 Å². The lowest BCUT2D eigenvalue weighted by atomic mass is 10.3. The normalized spacial score (nSPS) is 10.6. The fourth-order valence-electron chi connectivity index (χ4n) is 2.50. The molecule has 8 heteroatoms. The molecule has 0 aliphatic carbocycles. The summed E-state index contributed by atoms with van der Waals surface area (Å²) in [5, 5.41) is 8.71. The second-order valence-corrected chi connectivity index (χ2v) is 6.27. The molecule has 26 heavy (non-hydrogen) atoms. The predicted octanol–water partition coefficient (Wildman–Crippen LogP) is 3.67. The number of para-hydroxylation sites is 1. The van der Waals surface area contributed by atoms with Crippen molar-refractivity contribution in [2.45, 2.75) is 0 Å². The van der Waals surface area contributed by atoms with E-state index in [1.54, 1.807) is 60.1 Å². The molecule has 3 amide bonds. The third-order valence-electron chi connectivity index (χ3n) is 3.66. The number of fused-ring (bicyclic) bond motifs is 1. The van der Waals surface area contributed by atoms with E-state index in [1.807, 2.05) is 6.07 Å². The number of amides is 3. The third kappa shape index (κ3) is 2.93. The maximum Gasteiger partial charge on any atom is 0.334 e. The lowest BCUT2D eigenvalue weighted by Gasteiger charge is -2.21. The molecule has 1 aromatic carbocycles. The number of nitrogens with zero attached hydrogens (tertiary/aromatic N) is 4. The molecule has 0 fully saturated rings. The summed E-state index contributed by atoms with van der Waals surface area (Å²) in [6, 6.07) is 15.1. The Kier molecular flexibility index (Phi) is 4.16. The summed E-state index contributed by atoms with van der Waals surface area (Å²) in [4.78, 5) is 31.7. The van der Waals surface area contributed by atoms with E-state index in [1.165, 1.54) is 22.0 Å². The fraction of sp³-hybridized carbons (Fsp3) is 0. The van der Waals surface area contributed by atoms with Crippen molar-refractivity contribution in [2.75, 3.05) is 10.2 Å². The van der Waals surface area contributed by atoms with Gasteiger partial charge in [0.15, 0.2) is 5.65 Å². The lowest BCUT2D eigenvalue weighted by Crippen LogP contribution is -2.41.